The molecule has 0 fully saturated rings. The first-order chi connectivity index (χ1) is 7.38. The number of ether oxygens (including phenoxy) is 2. The van der Waals surface area contributed by atoms with Gasteiger partial charge in [0.25, 0.3) is 0 Å². The van der Waals surface area contributed by atoms with Crippen LogP contribution in [0.3, 0.4) is 0 Å². The Balaban J connectivity index is 2.44. The highest BCUT2D eigenvalue weighted by atomic mass is 16.5. The fourth-order valence-electron chi connectivity index (χ4n) is 1.33. The van der Waals surface area contributed by atoms with E-state index in [1.807, 2.05) is 31.2 Å². The first-order valence-corrected chi connectivity index (χ1v) is 5.27. The number of para-hydroxylation sites is 1. The van der Waals surface area contributed by atoms with Crippen molar-refractivity contribution in [3.05, 3.63) is 29.8 Å². The Labute approximate surface area is 90.6 Å². The van der Waals surface area contributed by atoms with Crippen LogP contribution in [0.15, 0.2) is 24.3 Å². The van der Waals surface area contributed by atoms with Crippen LogP contribution in [0, 0.1) is 0 Å². The Morgan fingerprint density at radius 3 is 2.73 bits per heavy atom. The number of aliphatic hydroxyl groups excluding tert-OH is 1. The molecule has 0 aliphatic carbocycles. The van der Waals surface area contributed by atoms with Gasteiger partial charge in [-0.3, -0.25) is 0 Å². The highest BCUT2D eigenvalue weighted by molar-refractivity contribution is 5.33. The van der Waals surface area contributed by atoms with Crippen LogP contribution in [0.2, 0.25) is 0 Å². The van der Waals surface area contributed by atoms with E-state index in [4.69, 9.17) is 14.6 Å². The lowest BCUT2D eigenvalue weighted by molar-refractivity contribution is 0.109. The summed E-state index contributed by atoms with van der Waals surface area (Å²) in [5, 5.41) is 8.87. The third-order valence-corrected chi connectivity index (χ3v) is 2.04. The van der Waals surface area contributed by atoms with Crippen molar-refractivity contribution in [1.29, 1.82) is 0 Å². The van der Waals surface area contributed by atoms with Crippen LogP contribution in [0.4, 0.5) is 0 Å². The quantitative estimate of drug-likeness (QED) is 0.695. The number of benzene rings is 1. The van der Waals surface area contributed by atoms with Gasteiger partial charge in [0, 0.05) is 13.2 Å². The Hall–Kier alpha value is -1.06. The molecule has 0 bridgehead atoms. The molecule has 3 nitrogen and oxygen atoms in total. The van der Waals surface area contributed by atoms with E-state index >= 15 is 0 Å². The minimum atomic E-state index is 0.145. The monoisotopic (exact) mass is 210 g/mol. The molecule has 0 spiro atoms. The fraction of sp³-hybridized carbons (Fsp3) is 0.500. The van der Waals surface area contributed by atoms with E-state index in [0.717, 1.165) is 11.3 Å². The minimum Gasteiger partial charge on any atom is -0.491 e. The summed E-state index contributed by atoms with van der Waals surface area (Å²) in [6.45, 7) is 3.97. The molecule has 1 aromatic rings. The average molecular weight is 210 g/mol. The molecule has 0 aliphatic heterocycles. The van der Waals surface area contributed by atoms with Crippen LogP contribution in [-0.4, -0.2) is 31.5 Å². The molecule has 0 saturated heterocycles. The Morgan fingerprint density at radius 1 is 1.20 bits per heavy atom. The maximum atomic E-state index is 8.87. The molecule has 1 aromatic carbocycles. The van der Waals surface area contributed by atoms with Crippen LogP contribution in [0.1, 0.15) is 12.5 Å². The zero-order valence-electron chi connectivity index (χ0n) is 9.11. The van der Waals surface area contributed by atoms with Crippen molar-refractivity contribution >= 4 is 0 Å². The van der Waals surface area contributed by atoms with Crippen molar-refractivity contribution in [2.24, 2.45) is 0 Å². The van der Waals surface area contributed by atoms with E-state index in [2.05, 4.69) is 0 Å². The van der Waals surface area contributed by atoms with E-state index in [-0.39, 0.29) is 6.61 Å². The lowest BCUT2D eigenvalue weighted by Crippen LogP contribution is -2.08. The second kappa shape index (κ2) is 7.26. The van der Waals surface area contributed by atoms with E-state index in [1.54, 1.807) is 0 Å². The number of aliphatic hydroxyl groups is 1. The summed E-state index contributed by atoms with van der Waals surface area (Å²) in [7, 11) is 0. The lowest BCUT2D eigenvalue weighted by Gasteiger charge is -2.10. The molecule has 1 N–H and O–H groups in total. The van der Waals surface area contributed by atoms with Gasteiger partial charge in [0.2, 0.25) is 0 Å². The first-order valence-electron chi connectivity index (χ1n) is 5.27. The van der Waals surface area contributed by atoms with Crippen molar-refractivity contribution in [2.45, 2.75) is 13.3 Å². The van der Waals surface area contributed by atoms with Crippen molar-refractivity contribution < 1.29 is 14.6 Å². The number of rotatable bonds is 7. The van der Waals surface area contributed by atoms with Crippen molar-refractivity contribution in [3.8, 4) is 5.75 Å². The molecule has 0 unspecified atom stereocenters. The molecule has 3 heteroatoms. The second-order valence-electron chi connectivity index (χ2n) is 3.13. The van der Waals surface area contributed by atoms with Gasteiger partial charge in [-0.15, -0.1) is 0 Å². The standard InChI is InChI=1S/C12H18O3/c1-2-14-9-10-15-12-6-4-3-5-11(12)7-8-13/h3-6,13H,2,7-10H2,1H3. The van der Waals surface area contributed by atoms with Gasteiger partial charge in [0.1, 0.15) is 12.4 Å². The zero-order valence-corrected chi connectivity index (χ0v) is 9.11. The van der Waals surface area contributed by atoms with Crippen molar-refractivity contribution in [2.75, 3.05) is 26.4 Å². The normalized spacial score (nSPS) is 10.3. The van der Waals surface area contributed by atoms with Gasteiger partial charge in [-0.1, -0.05) is 18.2 Å². The van der Waals surface area contributed by atoms with Gasteiger partial charge in [0.05, 0.1) is 6.61 Å². The van der Waals surface area contributed by atoms with Gasteiger partial charge in [-0.2, -0.15) is 0 Å². The Kier molecular flexibility index (Phi) is 5.81. The largest absolute Gasteiger partial charge is 0.491 e. The molecule has 0 radical (unpaired) electrons. The van der Waals surface area contributed by atoms with E-state index < -0.39 is 0 Å². The minimum absolute atomic E-state index is 0.145. The molecule has 1 rings (SSSR count). The summed E-state index contributed by atoms with van der Waals surface area (Å²) < 4.78 is 10.7. The van der Waals surface area contributed by atoms with E-state index in [9.17, 15) is 0 Å². The first kappa shape index (κ1) is 12.0. The summed E-state index contributed by atoms with van der Waals surface area (Å²) in [5.41, 5.74) is 1.04. The Bertz CT molecular complexity index is 273. The second-order valence-corrected chi connectivity index (χ2v) is 3.13. The molecule has 0 saturated carbocycles. The average Bonchev–Trinajstić information content (AvgIpc) is 2.27. The van der Waals surface area contributed by atoms with Gasteiger partial charge in [0.15, 0.2) is 0 Å². The molecule has 15 heavy (non-hydrogen) atoms. The summed E-state index contributed by atoms with van der Waals surface area (Å²) in [6.07, 6.45) is 0.630. The summed E-state index contributed by atoms with van der Waals surface area (Å²) >= 11 is 0. The number of hydrogen-bond donors (Lipinski definition) is 1. The molecular formula is C12H18O3. The summed E-state index contributed by atoms with van der Waals surface area (Å²) in [4.78, 5) is 0. The van der Waals surface area contributed by atoms with Crippen molar-refractivity contribution in [3.63, 3.8) is 0 Å². The van der Waals surface area contributed by atoms with Crippen LogP contribution in [-0.2, 0) is 11.2 Å². The Morgan fingerprint density at radius 2 is 2.00 bits per heavy atom. The fourth-order valence-corrected chi connectivity index (χ4v) is 1.33. The maximum absolute atomic E-state index is 8.87. The third-order valence-electron chi connectivity index (χ3n) is 2.04. The van der Waals surface area contributed by atoms with Gasteiger partial charge in [-0.05, 0) is 25.0 Å². The van der Waals surface area contributed by atoms with E-state index in [1.165, 1.54) is 0 Å². The van der Waals surface area contributed by atoms with Gasteiger partial charge < -0.3 is 14.6 Å². The molecule has 0 amide bonds. The lowest BCUT2D eigenvalue weighted by atomic mass is 10.1. The number of hydrogen-bond acceptors (Lipinski definition) is 3. The predicted octanol–water partition coefficient (Wildman–Crippen LogP) is 1.64. The topological polar surface area (TPSA) is 38.7 Å². The molecule has 0 heterocycles. The van der Waals surface area contributed by atoms with Gasteiger partial charge >= 0.3 is 0 Å². The van der Waals surface area contributed by atoms with Crippen LogP contribution >= 0.6 is 0 Å². The molecule has 0 aliphatic rings. The SMILES string of the molecule is CCOCCOc1ccccc1CCO. The third kappa shape index (κ3) is 4.32. The molecule has 0 aromatic heterocycles. The van der Waals surface area contributed by atoms with Gasteiger partial charge in [-0.25, -0.2) is 0 Å². The maximum Gasteiger partial charge on any atom is 0.122 e. The van der Waals surface area contributed by atoms with Crippen molar-refractivity contribution in [1.82, 2.24) is 0 Å². The smallest absolute Gasteiger partial charge is 0.122 e. The zero-order chi connectivity index (χ0) is 10.9. The molecule has 0 atom stereocenters. The van der Waals surface area contributed by atoms with Crippen LogP contribution < -0.4 is 4.74 Å². The predicted molar refractivity (Wildman–Crippen MR) is 59.2 cm³/mol. The molecule has 84 valence electrons. The van der Waals surface area contributed by atoms with E-state index in [0.29, 0.717) is 26.2 Å². The summed E-state index contributed by atoms with van der Waals surface area (Å²) in [6, 6.07) is 7.75. The van der Waals surface area contributed by atoms with Crippen LogP contribution in [0.5, 0.6) is 5.75 Å². The summed E-state index contributed by atoms with van der Waals surface area (Å²) in [5.74, 6) is 0.839. The molecular weight excluding hydrogens is 192 g/mol. The van der Waals surface area contributed by atoms with Crippen LogP contribution in [0.25, 0.3) is 0 Å². The highest BCUT2D eigenvalue weighted by Gasteiger charge is 2.01. The highest BCUT2D eigenvalue weighted by Crippen LogP contribution is 2.17.